The zero-order valence-corrected chi connectivity index (χ0v) is 15.1. The number of methoxy groups -OCH3 is 1. The van der Waals surface area contributed by atoms with Crippen LogP contribution in [0.25, 0.3) is 0 Å². The molecule has 1 aliphatic heterocycles. The SMILES string of the molecule is COc1ccc(NC2=C(Cl)C(=O)N(c3cccc(Cl)c3Cl)C2=O)cc1. The van der Waals surface area contributed by atoms with Crippen LogP contribution in [0, 0.1) is 0 Å². The van der Waals surface area contributed by atoms with Gasteiger partial charge in [0.1, 0.15) is 16.5 Å². The fourth-order valence-electron chi connectivity index (χ4n) is 2.31. The van der Waals surface area contributed by atoms with Gasteiger partial charge >= 0.3 is 0 Å². The van der Waals surface area contributed by atoms with Crippen molar-refractivity contribution in [2.24, 2.45) is 0 Å². The van der Waals surface area contributed by atoms with Crippen LogP contribution in [0.2, 0.25) is 10.0 Å². The molecule has 0 spiro atoms. The minimum atomic E-state index is -0.674. The van der Waals surface area contributed by atoms with Crippen LogP contribution < -0.4 is 15.0 Å². The Morgan fingerprint density at radius 1 is 0.960 bits per heavy atom. The summed E-state index contributed by atoms with van der Waals surface area (Å²) >= 11 is 18.2. The molecule has 1 aliphatic rings. The van der Waals surface area contributed by atoms with Gasteiger partial charge in [-0.2, -0.15) is 0 Å². The molecule has 0 aliphatic carbocycles. The van der Waals surface area contributed by atoms with Crippen LogP contribution in [0.15, 0.2) is 53.2 Å². The molecule has 128 valence electrons. The molecule has 2 aromatic carbocycles. The maximum absolute atomic E-state index is 12.7. The van der Waals surface area contributed by atoms with Crippen molar-refractivity contribution >= 4 is 58.0 Å². The van der Waals surface area contributed by atoms with Gasteiger partial charge in [0.05, 0.1) is 22.8 Å². The van der Waals surface area contributed by atoms with Crippen LogP contribution in [0.3, 0.4) is 0 Å². The molecule has 2 amide bonds. The number of hydrogen-bond acceptors (Lipinski definition) is 4. The Morgan fingerprint density at radius 2 is 1.64 bits per heavy atom. The highest BCUT2D eigenvalue weighted by Crippen LogP contribution is 2.37. The number of anilines is 2. The molecule has 0 radical (unpaired) electrons. The van der Waals surface area contributed by atoms with E-state index in [1.54, 1.807) is 43.5 Å². The van der Waals surface area contributed by atoms with E-state index in [4.69, 9.17) is 39.5 Å². The van der Waals surface area contributed by atoms with Gasteiger partial charge < -0.3 is 10.1 Å². The van der Waals surface area contributed by atoms with Gasteiger partial charge in [-0.3, -0.25) is 9.59 Å². The van der Waals surface area contributed by atoms with Crippen LogP contribution in [-0.4, -0.2) is 18.9 Å². The van der Waals surface area contributed by atoms with Crippen molar-refractivity contribution in [3.8, 4) is 5.75 Å². The third-order valence-electron chi connectivity index (χ3n) is 3.56. The van der Waals surface area contributed by atoms with E-state index in [0.29, 0.717) is 11.4 Å². The zero-order valence-electron chi connectivity index (χ0n) is 12.8. The fraction of sp³-hybridized carbons (Fsp3) is 0.0588. The summed E-state index contributed by atoms with van der Waals surface area (Å²) in [5, 5.41) is 2.96. The minimum absolute atomic E-state index is 0.0344. The maximum atomic E-state index is 12.7. The summed E-state index contributed by atoms with van der Waals surface area (Å²) in [5.41, 5.74) is 0.718. The third-order valence-corrected chi connectivity index (χ3v) is 4.72. The van der Waals surface area contributed by atoms with Gasteiger partial charge in [0.2, 0.25) is 0 Å². The second-order valence-corrected chi connectivity index (χ2v) is 6.22. The number of hydrogen-bond donors (Lipinski definition) is 1. The van der Waals surface area contributed by atoms with Crippen molar-refractivity contribution in [1.29, 1.82) is 0 Å². The first-order valence-electron chi connectivity index (χ1n) is 7.07. The average molecular weight is 398 g/mol. The predicted octanol–water partition coefficient (Wildman–Crippen LogP) is 4.44. The molecule has 2 aromatic rings. The minimum Gasteiger partial charge on any atom is -0.497 e. The number of carbonyl (C=O) groups is 2. The van der Waals surface area contributed by atoms with E-state index in [-0.39, 0.29) is 26.5 Å². The highest BCUT2D eigenvalue weighted by atomic mass is 35.5. The lowest BCUT2D eigenvalue weighted by molar-refractivity contribution is -0.120. The molecule has 0 unspecified atom stereocenters. The quantitative estimate of drug-likeness (QED) is 0.775. The topological polar surface area (TPSA) is 58.6 Å². The Morgan fingerprint density at radius 3 is 2.28 bits per heavy atom. The van der Waals surface area contributed by atoms with E-state index in [9.17, 15) is 9.59 Å². The summed E-state index contributed by atoms with van der Waals surface area (Å²) in [6, 6.07) is 11.5. The molecule has 0 bridgehead atoms. The summed E-state index contributed by atoms with van der Waals surface area (Å²) in [4.78, 5) is 26.0. The summed E-state index contributed by atoms with van der Waals surface area (Å²) < 4.78 is 5.08. The smallest absolute Gasteiger partial charge is 0.283 e. The molecular weight excluding hydrogens is 387 g/mol. The van der Waals surface area contributed by atoms with E-state index < -0.39 is 11.8 Å². The van der Waals surface area contributed by atoms with Crippen molar-refractivity contribution in [3.63, 3.8) is 0 Å². The Kier molecular flexibility index (Phi) is 4.90. The average Bonchev–Trinajstić information content (AvgIpc) is 2.82. The lowest BCUT2D eigenvalue weighted by Crippen LogP contribution is -2.32. The molecular formula is C17H11Cl3N2O3. The molecule has 3 rings (SSSR count). The standard InChI is InChI=1S/C17H11Cl3N2O3/c1-25-10-7-5-9(6-8-10)21-15-14(20)16(23)22(17(15)24)12-4-2-3-11(18)13(12)19/h2-8,21H,1H3. The van der Waals surface area contributed by atoms with E-state index in [2.05, 4.69) is 5.32 Å². The molecule has 0 fully saturated rings. The van der Waals surface area contributed by atoms with Gasteiger partial charge in [-0.25, -0.2) is 4.90 Å². The number of amides is 2. The summed E-state index contributed by atoms with van der Waals surface area (Å²) in [6.07, 6.45) is 0. The largest absolute Gasteiger partial charge is 0.497 e. The van der Waals surface area contributed by atoms with Gasteiger partial charge in [0.25, 0.3) is 11.8 Å². The number of imide groups is 1. The number of nitrogens with one attached hydrogen (secondary N) is 1. The first kappa shape index (κ1) is 17.6. The third kappa shape index (κ3) is 3.18. The van der Waals surface area contributed by atoms with Crippen LogP contribution in [0.1, 0.15) is 0 Å². The van der Waals surface area contributed by atoms with Crippen molar-refractivity contribution in [2.75, 3.05) is 17.3 Å². The second kappa shape index (κ2) is 6.96. The van der Waals surface area contributed by atoms with Gasteiger partial charge in [0.15, 0.2) is 0 Å². The number of carbonyl (C=O) groups excluding carboxylic acids is 2. The van der Waals surface area contributed by atoms with E-state index in [0.717, 1.165) is 4.90 Å². The molecule has 1 N–H and O–H groups in total. The number of halogens is 3. The molecule has 5 nitrogen and oxygen atoms in total. The van der Waals surface area contributed by atoms with Crippen LogP contribution >= 0.6 is 34.8 Å². The van der Waals surface area contributed by atoms with Gasteiger partial charge in [0, 0.05) is 5.69 Å². The van der Waals surface area contributed by atoms with Gasteiger partial charge in [-0.05, 0) is 36.4 Å². The molecule has 1 heterocycles. The Hall–Kier alpha value is -2.21. The van der Waals surface area contributed by atoms with Gasteiger partial charge in [-0.1, -0.05) is 40.9 Å². The van der Waals surface area contributed by atoms with Crippen LogP contribution in [0.4, 0.5) is 11.4 Å². The normalized spacial score (nSPS) is 14.3. The lowest BCUT2D eigenvalue weighted by atomic mass is 10.2. The lowest BCUT2D eigenvalue weighted by Gasteiger charge is -2.17. The van der Waals surface area contributed by atoms with E-state index >= 15 is 0 Å². The summed E-state index contributed by atoms with van der Waals surface area (Å²) in [7, 11) is 1.55. The summed E-state index contributed by atoms with van der Waals surface area (Å²) in [5.74, 6) is -0.631. The van der Waals surface area contributed by atoms with Gasteiger partial charge in [-0.15, -0.1) is 0 Å². The van der Waals surface area contributed by atoms with Crippen molar-refractivity contribution in [2.45, 2.75) is 0 Å². The first-order valence-corrected chi connectivity index (χ1v) is 8.21. The van der Waals surface area contributed by atoms with Crippen molar-refractivity contribution in [3.05, 3.63) is 63.2 Å². The highest BCUT2D eigenvalue weighted by molar-refractivity contribution is 6.54. The van der Waals surface area contributed by atoms with Crippen molar-refractivity contribution in [1.82, 2.24) is 0 Å². The van der Waals surface area contributed by atoms with Crippen molar-refractivity contribution < 1.29 is 14.3 Å². The Labute approximate surface area is 158 Å². The summed E-state index contributed by atoms with van der Waals surface area (Å²) in [6.45, 7) is 0. The number of rotatable bonds is 4. The Balaban J connectivity index is 1.92. The first-order chi connectivity index (χ1) is 11.9. The monoisotopic (exact) mass is 396 g/mol. The zero-order chi connectivity index (χ0) is 18.1. The highest BCUT2D eigenvalue weighted by Gasteiger charge is 2.40. The molecule has 0 atom stereocenters. The number of nitrogens with zero attached hydrogens (tertiary/aromatic N) is 1. The fourth-order valence-corrected chi connectivity index (χ4v) is 2.91. The molecule has 25 heavy (non-hydrogen) atoms. The van der Waals surface area contributed by atoms with E-state index in [1.165, 1.54) is 6.07 Å². The number of benzene rings is 2. The van der Waals surface area contributed by atoms with Crippen LogP contribution in [-0.2, 0) is 9.59 Å². The second-order valence-electron chi connectivity index (χ2n) is 5.06. The molecule has 8 heteroatoms. The molecule has 0 aromatic heterocycles. The number of ether oxygens (including phenoxy) is 1. The molecule has 0 saturated heterocycles. The Bertz CT molecular complexity index is 895. The maximum Gasteiger partial charge on any atom is 0.283 e. The molecule has 0 saturated carbocycles. The predicted molar refractivity (Wildman–Crippen MR) is 98.5 cm³/mol. The van der Waals surface area contributed by atoms with E-state index in [1.807, 2.05) is 0 Å². The van der Waals surface area contributed by atoms with Crippen LogP contribution in [0.5, 0.6) is 5.75 Å².